The molecule has 3 aromatic carbocycles. The van der Waals surface area contributed by atoms with E-state index < -0.39 is 23.9 Å². The second-order valence-electron chi connectivity index (χ2n) is 9.95. The van der Waals surface area contributed by atoms with E-state index in [1.807, 2.05) is 31.2 Å². The number of rotatable bonds is 10. The molecule has 0 aromatic heterocycles. The van der Waals surface area contributed by atoms with E-state index in [4.69, 9.17) is 16.3 Å². The minimum Gasteiger partial charge on any atom is -0.487 e. The summed E-state index contributed by atoms with van der Waals surface area (Å²) >= 11 is 5.81. The van der Waals surface area contributed by atoms with E-state index in [0.717, 1.165) is 36.0 Å². The fourth-order valence-electron chi connectivity index (χ4n) is 4.79. The molecular weight excluding hydrogens is 493 g/mol. The number of hydrogen-bond acceptors (Lipinski definition) is 3. The third-order valence-corrected chi connectivity index (χ3v) is 6.93. The standard InChI is InChI=1S/C30H31ClFNO4/c1-3-4-5-20-6-8-21(9-7-20)18-33(19-28(34)35)29(36)23-11-13-27-24(15-23)17-30(2,37-27)16-22-10-12-25(31)26(32)14-22/h6-15H,3-5,16-19H2,1-2H3,(H,34,35)/t30-/m1/s1. The van der Waals surface area contributed by atoms with Crippen LogP contribution in [0.5, 0.6) is 5.75 Å². The molecule has 1 amide bonds. The van der Waals surface area contributed by atoms with E-state index in [1.54, 1.807) is 24.3 Å². The van der Waals surface area contributed by atoms with E-state index in [-0.39, 0.29) is 17.5 Å². The third-order valence-electron chi connectivity index (χ3n) is 6.62. The number of carboxylic acid groups (broad SMARTS) is 1. The van der Waals surface area contributed by atoms with Gasteiger partial charge < -0.3 is 14.7 Å². The van der Waals surface area contributed by atoms with Gasteiger partial charge in [0.25, 0.3) is 5.91 Å². The first-order valence-electron chi connectivity index (χ1n) is 12.5. The number of carbonyl (C=O) groups excluding carboxylic acids is 1. The van der Waals surface area contributed by atoms with Gasteiger partial charge >= 0.3 is 5.97 Å². The van der Waals surface area contributed by atoms with Crippen molar-refractivity contribution in [3.63, 3.8) is 0 Å². The number of carboxylic acids is 1. The van der Waals surface area contributed by atoms with Crippen molar-refractivity contribution in [2.24, 2.45) is 0 Å². The number of ether oxygens (including phenoxy) is 1. The first-order valence-corrected chi connectivity index (χ1v) is 12.9. The zero-order valence-corrected chi connectivity index (χ0v) is 21.9. The second-order valence-corrected chi connectivity index (χ2v) is 10.4. The maximum absolute atomic E-state index is 13.9. The number of amides is 1. The number of benzene rings is 3. The highest BCUT2D eigenvalue weighted by atomic mass is 35.5. The predicted molar refractivity (Wildman–Crippen MR) is 142 cm³/mol. The SMILES string of the molecule is CCCCc1ccc(CN(CC(=O)O)C(=O)c2ccc3c(c2)C[C@@](C)(Cc2ccc(Cl)c(F)c2)O3)cc1. The summed E-state index contributed by atoms with van der Waals surface area (Å²) in [5.74, 6) is -1.23. The second kappa shape index (κ2) is 11.3. The summed E-state index contributed by atoms with van der Waals surface area (Å²) in [6, 6.07) is 17.9. The molecule has 1 N–H and O–H groups in total. The van der Waals surface area contributed by atoms with Gasteiger partial charge in [0, 0.05) is 24.9 Å². The van der Waals surface area contributed by atoms with E-state index in [2.05, 4.69) is 6.92 Å². The zero-order chi connectivity index (χ0) is 26.6. The summed E-state index contributed by atoms with van der Waals surface area (Å²) in [6.45, 7) is 3.90. The molecule has 1 aliphatic rings. The van der Waals surface area contributed by atoms with Crippen molar-refractivity contribution in [1.29, 1.82) is 0 Å². The Morgan fingerprint density at radius 3 is 2.43 bits per heavy atom. The Morgan fingerprint density at radius 1 is 1.05 bits per heavy atom. The zero-order valence-electron chi connectivity index (χ0n) is 21.1. The molecule has 1 atom stereocenters. The molecule has 7 heteroatoms. The fraction of sp³-hybridized carbons (Fsp3) is 0.333. The lowest BCUT2D eigenvalue weighted by Crippen LogP contribution is -2.35. The highest BCUT2D eigenvalue weighted by Crippen LogP contribution is 2.38. The Hall–Kier alpha value is -3.38. The fourth-order valence-corrected chi connectivity index (χ4v) is 4.91. The van der Waals surface area contributed by atoms with E-state index in [9.17, 15) is 19.1 Å². The lowest BCUT2D eigenvalue weighted by Gasteiger charge is -2.24. The maximum Gasteiger partial charge on any atom is 0.323 e. The van der Waals surface area contributed by atoms with Gasteiger partial charge in [0.1, 0.15) is 23.7 Å². The number of unbranched alkanes of at least 4 members (excludes halogenated alkanes) is 1. The van der Waals surface area contributed by atoms with Crippen molar-refractivity contribution in [2.75, 3.05) is 6.54 Å². The average Bonchev–Trinajstić information content (AvgIpc) is 3.19. The average molecular weight is 524 g/mol. The van der Waals surface area contributed by atoms with Crippen molar-refractivity contribution >= 4 is 23.5 Å². The van der Waals surface area contributed by atoms with Crippen LogP contribution >= 0.6 is 11.6 Å². The van der Waals surface area contributed by atoms with Crippen LogP contribution in [0.15, 0.2) is 60.7 Å². The lowest BCUT2D eigenvalue weighted by atomic mass is 9.91. The molecule has 0 saturated carbocycles. The first kappa shape index (κ1) is 26.7. The molecule has 0 unspecified atom stereocenters. The number of aliphatic carboxylic acids is 1. The molecule has 0 fully saturated rings. The normalized spacial score (nSPS) is 16.2. The quantitative estimate of drug-likeness (QED) is 0.330. The van der Waals surface area contributed by atoms with Crippen molar-refractivity contribution in [2.45, 2.75) is 58.1 Å². The Labute approximate surface area is 221 Å². The highest BCUT2D eigenvalue weighted by molar-refractivity contribution is 6.30. The Morgan fingerprint density at radius 2 is 1.76 bits per heavy atom. The van der Waals surface area contributed by atoms with Crippen molar-refractivity contribution in [1.82, 2.24) is 4.90 Å². The van der Waals surface area contributed by atoms with Crippen LogP contribution in [0.4, 0.5) is 4.39 Å². The molecule has 5 nitrogen and oxygen atoms in total. The molecule has 37 heavy (non-hydrogen) atoms. The van der Waals surface area contributed by atoms with Gasteiger partial charge in [0.2, 0.25) is 0 Å². The summed E-state index contributed by atoms with van der Waals surface area (Å²) in [5, 5.41) is 9.53. The monoisotopic (exact) mass is 523 g/mol. The molecule has 0 radical (unpaired) electrons. The molecule has 0 aliphatic carbocycles. The number of hydrogen-bond donors (Lipinski definition) is 1. The van der Waals surface area contributed by atoms with Crippen LogP contribution in [0.3, 0.4) is 0 Å². The summed E-state index contributed by atoms with van der Waals surface area (Å²) < 4.78 is 20.1. The maximum atomic E-state index is 13.9. The first-order chi connectivity index (χ1) is 17.7. The largest absolute Gasteiger partial charge is 0.487 e. The van der Waals surface area contributed by atoms with Crippen LogP contribution in [0, 0.1) is 5.82 Å². The van der Waals surface area contributed by atoms with Crippen LogP contribution in [-0.2, 0) is 30.6 Å². The molecule has 0 saturated heterocycles. The number of fused-ring (bicyclic) bond motifs is 1. The molecule has 1 heterocycles. The molecular formula is C30H31ClFNO4. The van der Waals surface area contributed by atoms with Crippen molar-refractivity contribution in [3.8, 4) is 5.75 Å². The lowest BCUT2D eigenvalue weighted by molar-refractivity contribution is -0.137. The van der Waals surface area contributed by atoms with Gasteiger partial charge in [0.15, 0.2) is 0 Å². The molecule has 3 aromatic rings. The van der Waals surface area contributed by atoms with Gasteiger partial charge in [-0.1, -0.05) is 55.3 Å². The number of nitrogens with zero attached hydrogens (tertiary/aromatic N) is 1. The van der Waals surface area contributed by atoms with Crippen LogP contribution < -0.4 is 4.74 Å². The van der Waals surface area contributed by atoms with E-state index in [0.29, 0.717) is 24.2 Å². The van der Waals surface area contributed by atoms with E-state index >= 15 is 0 Å². The number of halogens is 2. The van der Waals surface area contributed by atoms with Crippen LogP contribution in [0.1, 0.15) is 59.3 Å². The third kappa shape index (κ3) is 6.69. The number of aryl methyl sites for hydroxylation is 1. The van der Waals surface area contributed by atoms with Gasteiger partial charge in [-0.25, -0.2) is 4.39 Å². The molecule has 194 valence electrons. The van der Waals surface area contributed by atoms with Crippen molar-refractivity contribution in [3.05, 3.63) is 99.3 Å². The minimum absolute atomic E-state index is 0.0750. The van der Waals surface area contributed by atoms with Crippen LogP contribution in [0.25, 0.3) is 0 Å². The van der Waals surface area contributed by atoms with Gasteiger partial charge in [0.05, 0.1) is 5.02 Å². The predicted octanol–water partition coefficient (Wildman–Crippen LogP) is 6.49. The summed E-state index contributed by atoms with van der Waals surface area (Å²) in [7, 11) is 0. The number of carbonyl (C=O) groups is 2. The molecule has 0 bridgehead atoms. The summed E-state index contributed by atoms with van der Waals surface area (Å²) in [6.07, 6.45) is 4.23. The smallest absolute Gasteiger partial charge is 0.323 e. The topological polar surface area (TPSA) is 66.8 Å². The minimum atomic E-state index is -1.07. The van der Waals surface area contributed by atoms with Gasteiger partial charge in [-0.2, -0.15) is 0 Å². The Bertz CT molecular complexity index is 1290. The van der Waals surface area contributed by atoms with Crippen LogP contribution in [-0.4, -0.2) is 34.0 Å². The molecule has 0 spiro atoms. The molecule has 4 rings (SSSR count). The Balaban J connectivity index is 1.49. The van der Waals surface area contributed by atoms with Gasteiger partial charge in [-0.15, -0.1) is 0 Å². The molecule has 1 aliphatic heterocycles. The Kier molecular flexibility index (Phi) is 8.18. The van der Waals surface area contributed by atoms with Gasteiger partial charge in [-0.3, -0.25) is 9.59 Å². The van der Waals surface area contributed by atoms with Crippen LogP contribution in [0.2, 0.25) is 5.02 Å². The summed E-state index contributed by atoms with van der Waals surface area (Å²) in [5.41, 5.74) is 3.53. The highest BCUT2D eigenvalue weighted by Gasteiger charge is 2.36. The van der Waals surface area contributed by atoms with E-state index in [1.165, 1.54) is 22.6 Å². The van der Waals surface area contributed by atoms with Crippen molar-refractivity contribution < 1.29 is 23.8 Å². The van der Waals surface area contributed by atoms with Gasteiger partial charge in [-0.05, 0) is 72.4 Å². The summed E-state index contributed by atoms with van der Waals surface area (Å²) in [4.78, 5) is 26.3.